The van der Waals surface area contributed by atoms with Gasteiger partial charge in [0.2, 0.25) is 35.4 Å². The van der Waals surface area contributed by atoms with Gasteiger partial charge in [-0.1, -0.05) is 0 Å². The lowest BCUT2D eigenvalue weighted by molar-refractivity contribution is -0.142. The number of nitrogens with one attached hydrogen (secondary N) is 12. The number of amides is 6. The molecule has 0 bridgehead atoms. The van der Waals surface area contributed by atoms with E-state index in [1.807, 2.05) is 6.92 Å². The quantitative estimate of drug-likeness (QED) is 0.0354. The highest BCUT2D eigenvalue weighted by atomic mass is 16.5. The summed E-state index contributed by atoms with van der Waals surface area (Å²) in [5, 5.41) is 40.3. The average Bonchev–Trinajstić information content (AvgIpc) is 3.39. The van der Waals surface area contributed by atoms with Crippen molar-refractivity contribution in [1.82, 2.24) is 73.6 Å². The summed E-state index contributed by atoms with van der Waals surface area (Å²) < 4.78 is 13.1. The lowest BCUT2D eigenvalue weighted by Crippen LogP contribution is -2.39. The van der Waals surface area contributed by atoms with Crippen LogP contribution in [0.1, 0.15) is 40.5 Å². The largest absolute Gasteiger partial charge is 0.481 e. The highest BCUT2D eigenvalue weighted by molar-refractivity contribution is 5.81. The Balaban J connectivity index is -0.0000000784. The third-order valence-electron chi connectivity index (χ3n) is 7.90. The van der Waals surface area contributed by atoms with Crippen LogP contribution in [0.3, 0.4) is 0 Å². The van der Waals surface area contributed by atoms with E-state index in [-0.39, 0.29) is 97.0 Å². The number of hydrogen-bond acceptors (Lipinski definition) is 23. The van der Waals surface area contributed by atoms with Gasteiger partial charge in [0.05, 0.1) is 78.5 Å². The lowest BCUT2D eigenvalue weighted by Gasteiger charge is -2.15. The van der Waals surface area contributed by atoms with Gasteiger partial charge >= 0.3 is 23.9 Å². The first-order valence-corrected chi connectivity index (χ1v) is 23.3. The molecule has 0 radical (unpaired) electrons. The summed E-state index contributed by atoms with van der Waals surface area (Å²) in [7, 11) is 31.6. The van der Waals surface area contributed by atoms with Crippen LogP contribution in [0.4, 0.5) is 0 Å². The number of carboxylic acids is 1. The minimum absolute atomic E-state index is 0.0162. The molecule has 0 aliphatic rings. The summed E-state index contributed by atoms with van der Waals surface area (Å²) in [4.78, 5) is 106. The van der Waals surface area contributed by atoms with Gasteiger partial charge in [-0.2, -0.15) is 0 Å². The maximum Gasteiger partial charge on any atom is 0.322 e. The predicted molar refractivity (Wildman–Crippen MR) is 294 cm³/mol. The molecule has 4 atom stereocenters. The molecular formula is C45H106N16O14. The Kier molecular flexibility index (Phi) is 88.9. The molecule has 75 heavy (non-hydrogen) atoms. The smallest absolute Gasteiger partial charge is 0.322 e. The van der Waals surface area contributed by atoms with Crippen molar-refractivity contribution in [3.63, 3.8) is 0 Å². The number of ether oxygens (including phenoxy) is 3. The van der Waals surface area contributed by atoms with E-state index in [0.29, 0.717) is 32.6 Å². The van der Waals surface area contributed by atoms with E-state index in [2.05, 4.69) is 78.0 Å². The third kappa shape index (κ3) is 94.7. The first-order valence-electron chi connectivity index (χ1n) is 23.3. The molecule has 0 spiro atoms. The molecule has 0 saturated carbocycles. The molecule has 0 saturated heterocycles. The normalized spacial score (nSPS) is 10.4. The number of methoxy groups -OCH3 is 3. The number of hydrogen-bond donors (Lipinski definition) is 15. The molecule has 0 aromatic rings. The standard InChI is InChI=1S/C6H14N2O.2C5H12N2O.2C5H11NO2.2C4H10N2O.2C4H9NO2.C3H8N2O/c1-5(7-2)6(9)8(3)4;1-6-4-5(8)7(2)3;1-4(6-2)5(8)7-3;1-6-4-3-5(7)8-2;1-4(6-2)5(7)8-3;1-5-3-4(7)6-2;1-3(6-2)4(5)7;1-5-3-4(6)7-2;1-5-3-2-4(6)7;1-5-2-3(4)6/h5,7H,1-4H3;6H,4H2,1-3H3;4,6H,1-3H3,(H,7,8);6H,3-4H2,1-2H3;4,6H,1-3H3;5H,3H2,1-2H3,(H,6,7);3,6H,1-2H3,(H2,5,7);5H,3H2,1-2H3;5H,2-3H2,1H3,(H,6,7);5H,2H2,1H3,(H2,4,6). The summed E-state index contributed by atoms with van der Waals surface area (Å²) >= 11 is 0. The lowest BCUT2D eigenvalue weighted by atomic mass is 10.3. The van der Waals surface area contributed by atoms with Gasteiger partial charge in [0.25, 0.3) is 0 Å². The fraction of sp³-hybridized carbons (Fsp3) is 0.778. The Morgan fingerprint density at radius 2 is 0.867 bits per heavy atom. The number of likely N-dealkylation sites (N-methyl/N-ethyl adjacent to an activating group) is 12. The van der Waals surface area contributed by atoms with Crippen molar-refractivity contribution in [1.29, 1.82) is 0 Å². The Labute approximate surface area is 448 Å². The maximum absolute atomic E-state index is 10.9. The van der Waals surface area contributed by atoms with Gasteiger partial charge in [-0.05, 0) is 98.2 Å². The zero-order valence-electron chi connectivity index (χ0n) is 49.8. The number of primary amides is 2. The molecule has 30 heteroatoms. The van der Waals surface area contributed by atoms with E-state index in [9.17, 15) is 47.9 Å². The zero-order valence-corrected chi connectivity index (χ0v) is 49.8. The van der Waals surface area contributed by atoms with Crippen molar-refractivity contribution in [3.05, 3.63) is 0 Å². The Bertz CT molecular complexity index is 1360. The Morgan fingerprint density at radius 1 is 0.467 bits per heavy atom. The van der Waals surface area contributed by atoms with Crippen LogP contribution in [0, 0.1) is 0 Å². The molecule has 0 aliphatic heterocycles. The van der Waals surface area contributed by atoms with Gasteiger partial charge in [0, 0.05) is 55.4 Å². The number of aliphatic carboxylic acids is 1. The van der Waals surface area contributed by atoms with Gasteiger partial charge < -0.3 is 104 Å². The van der Waals surface area contributed by atoms with E-state index in [4.69, 9.17) is 16.6 Å². The fourth-order valence-corrected chi connectivity index (χ4v) is 2.81. The van der Waals surface area contributed by atoms with Crippen LogP contribution in [-0.2, 0) is 62.2 Å². The number of esters is 3. The molecule has 30 nitrogen and oxygen atoms in total. The van der Waals surface area contributed by atoms with Gasteiger partial charge in [-0.3, -0.25) is 47.9 Å². The van der Waals surface area contributed by atoms with E-state index in [1.54, 1.807) is 143 Å². The van der Waals surface area contributed by atoms with Crippen LogP contribution >= 0.6 is 0 Å². The predicted octanol–water partition coefficient (Wildman–Crippen LogP) is -6.37. The van der Waals surface area contributed by atoms with Gasteiger partial charge in [-0.25, -0.2) is 0 Å². The van der Waals surface area contributed by atoms with Crippen LogP contribution in [-0.4, -0.2) is 272 Å². The molecule has 0 fully saturated rings. The molecule has 0 heterocycles. The molecule has 0 rings (SSSR count). The molecular weight excluding hydrogens is 989 g/mol. The Hall–Kier alpha value is -5.70. The molecule has 0 aromatic heterocycles. The fourth-order valence-electron chi connectivity index (χ4n) is 2.81. The van der Waals surface area contributed by atoms with Gasteiger partial charge in [0.1, 0.15) is 6.04 Å². The number of rotatable bonds is 22. The SMILES string of the molecule is CNC(=O)C(C)NC.CNC(C)C(=O)N(C)C.CNC(C)C(=O)OC.CNC(C)C(N)=O.CNCC(=O)N(C)C.CNCC(=O)NC.CNCC(=O)OC.CNCC(N)=O.CNCCC(=O)O.CNCCC(=O)OC. The van der Waals surface area contributed by atoms with Crippen LogP contribution in [0.25, 0.3) is 0 Å². The maximum atomic E-state index is 10.9. The Morgan fingerprint density at radius 3 is 1.00 bits per heavy atom. The minimum atomic E-state index is -0.755. The third-order valence-corrected chi connectivity index (χ3v) is 7.90. The highest BCUT2D eigenvalue weighted by Gasteiger charge is 2.11. The van der Waals surface area contributed by atoms with Crippen molar-refractivity contribution in [2.45, 2.75) is 64.7 Å². The highest BCUT2D eigenvalue weighted by Crippen LogP contribution is 1.85. The molecule has 450 valence electrons. The molecule has 6 amide bonds. The van der Waals surface area contributed by atoms with Crippen LogP contribution in [0.2, 0.25) is 0 Å². The van der Waals surface area contributed by atoms with Gasteiger partial charge in [-0.15, -0.1) is 0 Å². The zero-order chi connectivity index (χ0) is 61.5. The number of nitrogens with two attached hydrogens (primary N) is 2. The molecule has 0 aromatic carbocycles. The average molecular weight is 1100 g/mol. The summed E-state index contributed by atoms with van der Waals surface area (Å²) in [5.74, 6) is -1.77. The summed E-state index contributed by atoms with van der Waals surface area (Å²) in [6.07, 6.45) is 0.656. The minimum Gasteiger partial charge on any atom is -0.481 e. The van der Waals surface area contributed by atoms with E-state index in [0.717, 1.165) is 0 Å². The monoisotopic (exact) mass is 1090 g/mol. The number of carbonyl (C=O) groups excluding carboxylic acids is 9. The molecule has 17 N–H and O–H groups in total. The van der Waals surface area contributed by atoms with Crippen molar-refractivity contribution >= 4 is 59.3 Å². The second-order valence-electron chi connectivity index (χ2n) is 14.6. The number of carbonyl (C=O) groups is 10. The number of nitrogens with zero attached hydrogens (tertiary/aromatic N) is 2. The topological polar surface area (TPSA) is 421 Å². The van der Waals surface area contributed by atoms with Crippen molar-refractivity contribution < 1.29 is 67.3 Å². The number of carboxylic acid groups (broad SMARTS) is 1. The summed E-state index contributed by atoms with van der Waals surface area (Å²) in [6, 6.07) is -0.556. The van der Waals surface area contributed by atoms with Crippen LogP contribution < -0.4 is 75.3 Å². The molecule has 4 unspecified atom stereocenters. The first kappa shape index (κ1) is 91.9. The van der Waals surface area contributed by atoms with E-state index >= 15 is 0 Å². The summed E-state index contributed by atoms with van der Waals surface area (Å²) in [6.45, 7) is 9.71. The van der Waals surface area contributed by atoms with E-state index in [1.165, 1.54) is 21.3 Å². The van der Waals surface area contributed by atoms with Crippen LogP contribution in [0.15, 0.2) is 0 Å². The van der Waals surface area contributed by atoms with Gasteiger partial charge in [0.15, 0.2) is 0 Å². The van der Waals surface area contributed by atoms with Crippen molar-refractivity contribution in [3.8, 4) is 0 Å². The first-order chi connectivity index (χ1) is 34.9. The summed E-state index contributed by atoms with van der Waals surface area (Å²) in [5.41, 5.74) is 9.55. The van der Waals surface area contributed by atoms with Crippen molar-refractivity contribution in [2.75, 3.05) is 173 Å². The second kappa shape index (κ2) is 72.5. The van der Waals surface area contributed by atoms with Crippen LogP contribution in [0.5, 0.6) is 0 Å². The van der Waals surface area contributed by atoms with E-state index < -0.39 is 5.97 Å². The van der Waals surface area contributed by atoms with Crippen molar-refractivity contribution in [2.24, 2.45) is 11.5 Å². The second-order valence-corrected chi connectivity index (χ2v) is 14.6. The molecule has 0 aliphatic carbocycles.